The van der Waals surface area contributed by atoms with Crippen molar-refractivity contribution in [1.29, 1.82) is 0 Å². The molecule has 3 heteroatoms. The number of aromatic nitrogens is 1. The van der Waals surface area contributed by atoms with Gasteiger partial charge in [0.25, 0.3) is 5.19 Å². The number of hydrogen-bond acceptors (Lipinski definition) is 3. The zero-order chi connectivity index (χ0) is 10.8. The average molecular weight is 219 g/mol. The molecule has 0 amide bonds. The topological polar surface area (TPSA) is 22.1 Å². The van der Waals surface area contributed by atoms with Gasteiger partial charge in [0.2, 0.25) is 0 Å². The number of benzene rings is 1. The maximum Gasteiger partial charge on any atom is 0.273 e. The van der Waals surface area contributed by atoms with Gasteiger partial charge in [-0.05, 0) is 25.5 Å². The largest absolute Gasteiger partial charge is 0.473 e. The van der Waals surface area contributed by atoms with Crippen LogP contribution in [0.2, 0.25) is 0 Å². The molecular weight excluding hydrogens is 206 g/mol. The number of nitrogens with zero attached hydrogens (tertiary/aromatic N) is 1. The number of ether oxygens (including phenoxy) is 1. The van der Waals surface area contributed by atoms with E-state index in [0.717, 1.165) is 5.69 Å². The Morgan fingerprint density at radius 3 is 2.73 bits per heavy atom. The normalized spacial score (nSPS) is 10.3. The van der Waals surface area contributed by atoms with Crippen LogP contribution in [0.1, 0.15) is 11.1 Å². The van der Waals surface area contributed by atoms with Gasteiger partial charge in [0.15, 0.2) is 0 Å². The predicted molar refractivity (Wildman–Crippen MR) is 63.6 cm³/mol. The van der Waals surface area contributed by atoms with Gasteiger partial charge in [-0.15, -0.1) is 0 Å². The summed E-state index contributed by atoms with van der Waals surface area (Å²) in [6.45, 7) is 4.19. The fraction of sp³-hybridized carbons (Fsp3) is 0.250. The lowest BCUT2D eigenvalue weighted by molar-refractivity contribution is 0.412. The molecule has 0 N–H and O–H groups in total. The Hall–Kier alpha value is -1.35. The molecule has 0 aliphatic carbocycles. The van der Waals surface area contributed by atoms with Crippen molar-refractivity contribution in [3.05, 3.63) is 34.7 Å². The molecule has 2 aromatic rings. The quantitative estimate of drug-likeness (QED) is 0.772. The van der Waals surface area contributed by atoms with Gasteiger partial charge in [0.1, 0.15) is 0 Å². The number of thiazole rings is 1. The molecule has 0 aliphatic heterocycles. The number of rotatable bonds is 2. The first-order valence-electron chi connectivity index (χ1n) is 4.78. The molecule has 1 heterocycles. The monoisotopic (exact) mass is 219 g/mol. The number of aryl methyl sites for hydroxylation is 2. The first-order chi connectivity index (χ1) is 7.20. The van der Waals surface area contributed by atoms with Gasteiger partial charge in [-0.2, -0.15) is 0 Å². The summed E-state index contributed by atoms with van der Waals surface area (Å²) in [5.74, 6) is 0. The summed E-state index contributed by atoms with van der Waals surface area (Å²) in [6, 6.07) is 6.39. The molecule has 0 bridgehead atoms. The van der Waals surface area contributed by atoms with Crippen LogP contribution in [0.25, 0.3) is 11.3 Å². The highest BCUT2D eigenvalue weighted by Gasteiger charge is 2.07. The number of hydrogen-bond donors (Lipinski definition) is 0. The van der Waals surface area contributed by atoms with Gasteiger partial charge in [-0.25, -0.2) is 4.98 Å². The third-order valence-electron chi connectivity index (χ3n) is 2.33. The summed E-state index contributed by atoms with van der Waals surface area (Å²) < 4.78 is 5.09. The van der Waals surface area contributed by atoms with Crippen LogP contribution in [-0.4, -0.2) is 12.1 Å². The molecule has 0 spiro atoms. The molecule has 0 atom stereocenters. The van der Waals surface area contributed by atoms with Crippen molar-refractivity contribution in [3.8, 4) is 16.5 Å². The van der Waals surface area contributed by atoms with E-state index in [1.807, 2.05) is 5.38 Å². The SMILES string of the molecule is COc1nc(-c2cc(C)ccc2C)cs1. The van der Waals surface area contributed by atoms with Crippen LogP contribution in [0.15, 0.2) is 23.6 Å². The molecule has 15 heavy (non-hydrogen) atoms. The highest BCUT2D eigenvalue weighted by atomic mass is 32.1. The Morgan fingerprint density at radius 2 is 2.07 bits per heavy atom. The van der Waals surface area contributed by atoms with Crippen molar-refractivity contribution in [2.45, 2.75) is 13.8 Å². The lowest BCUT2D eigenvalue weighted by atomic mass is 10.0. The highest BCUT2D eigenvalue weighted by molar-refractivity contribution is 7.11. The summed E-state index contributed by atoms with van der Waals surface area (Å²) in [4.78, 5) is 4.40. The standard InChI is InChI=1S/C12H13NOS/c1-8-4-5-9(2)10(6-8)11-7-15-12(13-11)14-3/h4-7H,1-3H3. The first kappa shape index (κ1) is 10.2. The molecule has 1 aromatic carbocycles. The molecule has 0 fully saturated rings. The van der Waals surface area contributed by atoms with E-state index in [2.05, 4.69) is 37.0 Å². The van der Waals surface area contributed by atoms with Crippen molar-refractivity contribution in [3.63, 3.8) is 0 Å². The Bertz CT molecular complexity index is 476. The maximum atomic E-state index is 5.09. The van der Waals surface area contributed by atoms with Crippen LogP contribution in [0.5, 0.6) is 5.19 Å². The summed E-state index contributed by atoms with van der Waals surface area (Å²) >= 11 is 1.53. The van der Waals surface area contributed by atoms with Crippen molar-refractivity contribution in [2.24, 2.45) is 0 Å². The highest BCUT2D eigenvalue weighted by Crippen LogP contribution is 2.28. The van der Waals surface area contributed by atoms with Crippen LogP contribution in [0, 0.1) is 13.8 Å². The van der Waals surface area contributed by atoms with Gasteiger partial charge in [-0.3, -0.25) is 0 Å². The smallest absolute Gasteiger partial charge is 0.273 e. The molecule has 0 aliphatic rings. The Kier molecular flexibility index (Phi) is 2.73. The second-order valence-electron chi connectivity index (χ2n) is 3.52. The third kappa shape index (κ3) is 2.02. The maximum absolute atomic E-state index is 5.09. The summed E-state index contributed by atoms with van der Waals surface area (Å²) in [7, 11) is 1.64. The van der Waals surface area contributed by atoms with Crippen LogP contribution in [0.3, 0.4) is 0 Å². The van der Waals surface area contributed by atoms with Crippen LogP contribution in [-0.2, 0) is 0 Å². The second-order valence-corrected chi connectivity index (χ2v) is 4.34. The summed E-state index contributed by atoms with van der Waals surface area (Å²) in [5, 5.41) is 2.74. The molecule has 0 radical (unpaired) electrons. The van der Waals surface area contributed by atoms with E-state index in [4.69, 9.17) is 4.74 Å². The molecule has 0 saturated heterocycles. The van der Waals surface area contributed by atoms with E-state index in [0.29, 0.717) is 5.19 Å². The predicted octanol–water partition coefficient (Wildman–Crippen LogP) is 3.44. The Labute approximate surface area is 93.6 Å². The van der Waals surface area contributed by atoms with Gasteiger partial charge in [0, 0.05) is 10.9 Å². The number of methoxy groups -OCH3 is 1. The van der Waals surface area contributed by atoms with Gasteiger partial charge in [-0.1, -0.05) is 29.0 Å². The fourth-order valence-electron chi connectivity index (χ4n) is 1.49. The molecule has 2 rings (SSSR count). The van der Waals surface area contributed by atoms with Crippen molar-refractivity contribution in [1.82, 2.24) is 4.98 Å². The van der Waals surface area contributed by atoms with Gasteiger partial charge < -0.3 is 4.74 Å². The van der Waals surface area contributed by atoms with E-state index >= 15 is 0 Å². The minimum atomic E-state index is 0.714. The molecule has 2 nitrogen and oxygen atoms in total. The van der Waals surface area contributed by atoms with Gasteiger partial charge in [0.05, 0.1) is 12.8 Å². The van der Waals surface area contributed by atoms with Crippen molar-refractivity contribution >= 4 is 11.3 Å². The molecular formula is C12H13NOS. The fourth-order valence-corrected chi connectivity index (χ4v) is 2.13. The zero-order valence-electron chi connectivity index (χ0n) is 9.07. The van der Waals surface area contributed by atoms with Crippen LogP contribution < -0.4 is 4.74 Å². The van der Waals surface area contributed by atoms with E-state index in [1.54, 1.807) is 7.11 Å². The van der Waals surface area contributed by atoms with E-state index < -0.39 is 0 Å². The lowest BCUT2D eigenvalue weighted by Crippen LogP contribution is -1.86. The average Bonchev–Trinajstić information content (AvgIpc) is 2.70. The van der Waals surface area contributed by atoms with Crippen molar-refractivity contribution in [2.75, 3.05) is 7.11 Å². The molecule has 0 saturated carbocycles. The van der Waals surface area contributed by atoms with Crippen LogP contribution >= 0.6 is 11.3 Å². The van der Waals surface area contributed by atoms with E-state index in [1.165, 1.54) is 28.0 Å². The summed E-state index contributed by atoms with van der Waals surface area (Å²) in [6.07, 6.45) is 0. The Morgan fingerprint density at radius 1 is 1.27 bits per heavy atom. The minimum absolute atomic E-state index is 0.714. The molecule has 78 valence electrons. The minimum Gasteiger partial charge on any atom is -0.473 e. The lowest BCUT2D eigenvalue weighted by Gasteiger charge is -2.03. The summed E-state index contributed by atoms with van der Waals surface area (Å²) in [5.41, 5.74) is 4.68. The third-order valence-corrected chi connectivity index (χ3v) is 3.13. The molecule has 0 unspecified atom stereocenters. The van der Waals surface area contributed by atoms with E-state index in [9.17, 15) is 0 Å². The van der Waals surface area contributed by atoms with Crippen molar-refractivity contribution < 1.29 is 4.74 Å². The first-order valence-corrected chi connectivity index (χ1v) is 5.66. The second kappa shape index (κ2) is 4.03. The van der Waals surface area contributed by atoms with Gasteiger partial charge >= 0.3 is 0 Å². The Balaban J connectivity index is 2.48. The van der Waals surface area contributed by atoms with Crippen LogP contribution in [0.4, 0.5) is 0 Å². The zero-order valence-corrected chi connectivity index (χ0v) is 9.89. The van der Waals surface area contributed by atoms with E-state index in [-0.39, 0.29) is 0 Å². The molecule has 1 aromatic heterocycles.